The standard InChI is InChI=1S/C26H26F6N4O/c1-35-16-33-23(34-35)14-36-21-7-8-22(24(36,10-9-21)18-5-3-2-4-6-18)37-15-17-11-19(25(27,28)29)13-20(12-17)26(30,31)32/h2-6,11-13,16,21-22H,7-10,14-15H2,1H3. The second kappa shape index (κ2) is 9.43. The number of hydrogen-bond acceptors (Lipinski definition) is 4. The Morgan fingerprint density at radius 1 is 0.946 bits per heavy atom. The van der Waals surface area contributed by atoms with Crippen molar-refractivity contribution >= 4 is 0 Å². The molecule has 2 saturated heterocycles. The average Bonchev–Trinajstić information content (AvgIpc) is 3.36. The lowest BCUT2D eigenvalue weighted by atomic mass is 9.79. The Labute approximate surface area is 210 Å². The van der Waals surface area contributed by atoms with Gasteiger partial charge in [-0.1, -0.05) is 30.3 Å². The molecule has 198 valence electrons. The number of fused-ring (bicyclic) bond motifs is 2. The maximum absolute atomic E-state index is 13.4. The van der Waals surface area contributed by atoms with E-state index in [9.17, 15) is 26.3 Å². The molecule has 0 spiro atoms. The lowest BCUT2D eigenvalue weighted by molar-refractivity contribution is -0.143. The Morgan fingerprint density at radius 2 is 1.62 bits per heavy atom. The minimum atomic E-state index is -4.91. The molecule has 0 amide bonds. The highest BCUT2D eigenvalue weighted by Crippen LogP contribution is 2.52. The second-order valence-corrected chi connectivity index (χ2v) is 9.74. The number of hydrogen-bond donors (Lipinski definition) is 0. The van der Waals surface area contributed by atoms with Crippen molar-refractivity contribution in [3.63, 3.8) is 0 Å². The number of nitrogens with zero attached hydrogens (tertiary/aromatic N) is 4. The fourth-order valence-electron chi connectivity index (χ4n) is 5.86. The van der Waals surface area contributed by atoms with E-state index in [1.165, 1.54) is 0 Å². The molecule has 1 aromatic heterocycles. The Bertz CT molecular complexity index is 1210. The van der Waals surface area contributed by atoms with Gasteiger partial charge in [0.25, 0.3) is 0 Å². The Balaban J connectivity index is 1.48. The summed E-state index contributed by atoms with van der Waals surface area (Å²) in [7, 11) is 1.78. The van der Waals surface area contributed by atoms with Crippen molar-refractivity contribution in [2.45, 2.75) is 68.9 Å². The van der Waals surface area contributed by atoms with Crippen molar-refractivity contribution in [3.05, 3.63) is 82.9 Å². The molecular weight excluding hydrogens is 498 g/mol. The van der Waals surface area contributed by atoms with Gasteiger partial charge in [0.15, 0.2) is 5.82 Å². The van der Waals surface area contributed by atoms with Crippen molar-refractivity contribution in [1.29, 1.82) is 0 Å². The molecule has 3 unspecified atom stereocenters. The first kappa shape index (κ1) is 25.7. The zero-order valence-corrected chi connectivity index (χ0v) is 20.1. The van der Waals surface area contributed by atoms with E-state index < -0.39 is 35.1 Å². The maximum atomic E-state index is 13.4. The molecule has 5 nitrogen and oxygen atoms in total. The number of halogens is 6. The van der Waals surface area contributed by atoms with Crippen LogP contribution in [-0.2, 0) is 42.8 Å². The van der Waals surface area contributed by atoms with Gasteiger partial charge in [-0.15, -0.1) is 0 Å². The van der Waals surface area contributed by atoms with Gasteiger partial charge in [-0.3, -0.25) is 9.58 Å². The third-order valence-corrected chi connectivity index (χ3v) is 7.44. The van der Waals surface area contributed by atoms with Crippen LogP contribution in [0.5, 0.6) is 0 Å². The summed E-state index contributed by atoms with van der Waals surface area (Å²) < 4.78 is 88.1. The van der Waals surface area contributed by atoms with Gasteiger partial charge >= 0.3 is 12.4 Å². The normalized spacial score (nSPS) is 24.5. The van der Waals surface area contributed by atoms with Crippen molar-refractivity contribution in [1.82, 2.24) is 19.7 Å². The molecule has 0 radical (unpaired) electrons. The smallest absolute Gasteiger partial charge is 0.371 e. The number of rotatable bonds is 6. The van der Waals surface area contributed by atoms with Crippen molar-refractivity contribution in [2.24, 2.45) is 7.05 Å². The fraction of sp³-hybridized carbons (Fsp3) is 0.462. The van der Waals surface area contributed by atoms with Crippen LogP contribution in [0.15, 0.2) is 54.9 Å². The van der Waals surface area contributed by atoms with Crippen LogP contribution >= 0.6 is 0 Å². The van der Waals surface area contributed by atoms with E-state index in [-0.39, 0.29) is 24.3 Å². The summed E-state index contributed by atoms with van der Waals surface area (Å²) >= 11 is 0. The van der Waals surface area contributed by atoms with Gasteiger partial charge < -0.3 is 4.74 Å². The van der Waals surface area contributed by atoms with Gasteiger partial charge in [0.2, 0.25) is 0 Å². The van der Waals surface area contributed by atoms with Crippen molar-refractivity contribution < 1.29 is 31.1 Å². The number of alkyl halides is 6. The maximum Gasteiger partial charge on any atom is 0.416 e. The Morgan fingerprint density at radius 3 is 2.22 bits per heavy atom. The molecule has 2 aliphatic rings. The van der Waals surface area contributed by atoms with Crippen molar-refractivity contribution in [2.75, 3.05) is 0 Å². The van der Waals surface area contributed by atoms with Gasteiger partial charge in [-0.25, -0.2) is 4.98 Å². The predicted molar refractivity (Wildman–Crippen MR) is 122 cm³/mol. The third-order valence-electron chi connectivity index (χ3n) is 7.44. The molecule has 2 aliphatic heterocycles. The molecular formula is C26H26F6N4O. The van der Waals surface area contributed by atoms with E-state index in [2.05, 4.69) is 15.0 Å². The van der Waals surface area contributed by atoms with Crippen LogP contribution in [0.25, 0.3) is 0 Å². The molecule has 3 heterocycles. The molecule has 3 atom stereocenters. The number of aryl methyl sites for hydroxylation is 1. The largest absolute Gasteiger partial charge is 0.416 e. The second-order valence-electron chi connectivity index (χ2n) is 9.74. The predicted octanol–water partition coefficient (Wildman–Crippen LogP) is 6.09. The minimum Gasteiger partial charge on any atom is -0.371 e. The van der Waals surface area contributed by atoms with Crippen LogP contribution in [0.3, 0.4) is 0 Å². The SMILES string of the molecule is Cn1cnc(CN2C3CCC(OCc4cc(C(F)(F)F)cc(C(F)(F)F)c4)C2(c2ccccc2)CC3)n1. The molecule has 0 N–H and O–H groups in total. The van der Waals surface area contributed by atoms with Gasteiger partial charge in [0, 0.05) is 13.1 Å². The van der Waals surface area contributed by atoms with Crippen LogP contribution in [0, 0.1) is 0 Å². The van der Waals surface area contributed by atoms with Crippen LogP contribution in [-0.4, -0.2) is 31.8 Å². The summed E-state index contributed by atoms with van der Waals surface area (Å²) in [6, 6.07) is 11.6. The van der Waals surface area contributed by atoms with Gasteiger partial charge in [-0.2, -0.15) is 31.4 Å². The first-order chi connectivity index (χ1) is 17.5. The lowest BCUT2D eigenvalue weighted by Gasteiger charge is -2.49. The Hall–Kier alpha value is -2.92. The van der Waals surface area contributed by atoms with Crippen LogP contribution in [0.4, 0.5) is 26.3 Å². The van der Waals surface area contributed by atoms with Crippen LogP contribution in [0.1, 0.15) is 53.8 Å². The third kappa shape index (κ3) is 4.98. The first-order valence-corrected chi connectivity index (χ1v) is 12.0. The number of ether oxygens (including phenoxy) is 1. The monoisotopic (exact) mass is 524 g/mol. The fourth-order valence-corrected chi connectivity index (χ4v) is 5.86. The zero-order valence-electron chi connectivity index (χ0n) is 20.1. The van der Waals surface area contributed by atoms with E-state index in [0.29, 0.717) is 18.8 Å². The molecule has 0 saturated carbocycles. The topological polar surface area (TPSA) is 43.2 Å². The molecule has 0 aliphatic carbocycles. The highest BCUT2D eigenvalue weighted by atomic mass is 19.4. The van der Waals surface area contributed by atoms with E-state index >= 15 is 0 Å². The molecule has 11 heteroatoms. The minimum absolute atomic E-state index is 0.138. The van der Waals surface area contributed by atoms with E-state index in [4.69, 9.17) is 4.74 Å². The molecule has 5 rings (SSSR count). The number of piperidine rings is 1. The van der Waals surface area contributed by atoms with Crippen LogP contribution in [0.2, 0.25) is 0 Å². The van der Waals surface area contributed by atoms with E-state index in [1.807, 2.05) is 30.3 Å². The number of aromatic nitrogens is 3. The van der Waals surface area contributed by atoms with E-state index in [1.54, 1.807) is 18.1 Å². The Kier molecular flexibility index (Phi) is 6.56. The van der Waals surface area contributed by atoms with Gasteiger partial charge in [-0.05, 0) is 55.0 Å². The summed E-state index contributed by atoms with van der Waals surface area (Å²) in [5, 5.41) is 4.42. The summed E-state index contributed by atoms with van der Waals surface area (Å²) in [5.74, 6) is 0.642. The average molecular weight is 525 g/mol. The summed E-state index contributed by atoms with van der Waals surface area (Å²) in [4.78, 5) is 6.68. The van der Waals surface area contributed by atoms with Crippen LogP contribution < -0.4 is 0 Å². The lowest BCUT2D eigenvalue weighted by Crippen LogP contribution is -2.56. The molecule has 2 fully saturated rings. The quantitative estimate of drug-likeness (QED) is 0.366. The van der Waals surface area contributed by atoms with Gasteiger partial charge in [0.1, 0.15) is 6.33 Å². The summed E-state index contributed by atoms with van der Waals surface area (Å²) in [6.45, 7) is 0.0919. The zero-order chi connectivity index (χ0) is 26.4. The molecule has 3 aromatic rings. The highest BCUT2D eigenvalue weighted by molar-refractivity contribution is 5.34. The summed E-state index contributed by atoms with van der Waals surface area (Å²) in [5.41, 5.74) is -2.45. The number of benzene rings is 2. The highest BCUT2D eigenvalue weighted by Gasteiger charge is 2.56. The molecule has 2 aromatic carbocycles. The van der Waals surface area contributed by atoms with Crippen molar-refractivity contribution in [3.8, 4) is 0 Å². The van der Waals surface area contributed by atoms with Gasteiger partial charge in [0.05, 0.1) is 35.9 Å². The molecule has 2 bridgehead atoms. The summed E-state index contributed by atoms with van der Waals surface area (Å²) in [6.07, 6.45) is -5.57. The van der Waals surface area contributed by atoms with E-state index in [0.717, 1.165) is 37.0 Å². The first-order valence-electron chi connectivity index (χ1n) is 12.0. The molecule has 37 heavy (non-hydrogen) atoms.